The molecule has 1 amide bonds. The quantitative estimate of drug-likeness (QED) is 0.693. The first kappa shape index (κ1) is 11.6. The number of anilines is 1. The predicted octanol–water partition coefficient (Wildman–Crippen LogP) is 1.01. The fourth-order valence-electron chi connectivity index (χ4n) is 1.06. The van der Waals surface area contributed by atoms with Crippen LogP contribution in [0.5, 0.6) is 0 Å². The van der Waals surface area contributed by atoms with Gasteiger partial charge >= 0.3 is 0 Å². The molecule has 0 aliphatic carbocycles. The highest BCUT2D eigenvalue weighted by Gasteiger charge is 2.13. The Balaban J connectivity index is 2.47. The van der Waals surface area contributed by atoms with Crippen LogP contribution in [0.15, 0.2) is 6.20 Å². The molecule has 0 saturated heterocycles. The highest BCUT2D eigenvalue weighted by molar-refractivity contribution is 5.96. The summed E-state index contributed by atoms with van der Waals surface area (Å²) in [6.45, 7) is 7.00. The number of nitrogens with two attached hydrogens (primary N) is 1. The number of nitrogens with zero attached hydrogens (tertiary/aromatic N) is 1. The van der Waals surface area contributed by atoms with Gasteiger partial charge in [-0.25, -0.2) is 0 Å². The van der Waals surface area contributed by atoms with Crippen LogP contribution in [-0.2, 0) is 0 Å². The molecule has 5 nitrogen and oxygen atoms in total. The van der Waals surface area contributed by atoms with Crippen LogP contribution in [0.1, 0.15) is 31.3 Å². The van der Waals surface area contributed by atoms with E-state index in [0.29, 0.717) is 29.8 Å². The summed E-state index contributed by atoms with van der Waals surface area (Å²) in [5.41, 5.74) is 6.27. The normalized spacial score (nSPS) is 12.8. The van der Waals surface area contributed by atoms with Crippen LogP contribution in [-0.4, -0.2) is 22.6 Å². The van der Waals surface area contributed by atoms with Gasteiger partial charge in [0, 0.05) is 6.54 Å². The zero-order valence-electron chi connectivity index (χ0n) is 9.37. The smallest absolute Gasteiger partial charge is 0.271 e. The lowest BCUT2D eigenvalue weighted by molar-refractivity contribution is 0.0941. The molecule has 1 atom stereocenters. The fraction of sp³-hybridized carbons (Fsp3) is 0.600. The topological polar surface area (TPSA) is 83.8 Å². The molecule has 5 heteroatoms. The van der Waals surface area contributed by atoms with Crippen LogP contribution >= 0.6 is 0 Å². The van der Waals surface area contributed by atoms with Gasteiger partial charge in [-0.2, -0.15) is 5.10 Å². The Kier molecular flexibility index (Phi) is 3.71. The molecule has 0 aliphatic rings. The lowest BCUT2D eigenvalue weighted by Gasteiger charge is -2.15. The molecule has 0 aromatic carbocycles. The van der Waals surface area contributed by atoms with Crippen molar-refractivity contribution in [3.05, 3.63) is 11.9 Å². The van der Waals surface area contributed by atoms with Gasteiger partial charge in [-0.1, -0.05) is 20.8 Å². The number of aromatic amines is 1. The summed E-state index contributed by atoms with van der Waals surface area (Å²) in [5.74, 6) is 0.792. The molecular formula is C10H18N4O. The molecular weight excluding hydrogens is 192 g/mol. The number of amides is 1. The van der Waals surface area contributed by atoms with E-state index in [9.17, 15) is 4.79 Å². The second kappa shape index (κ2) is 4.82. The summed E-state index contributed by atoms with van der Waals surface area (Å²) in [5, 5.41) is 9.08. The third-order valence-electron chi connectivity index (χ3n) is 2.62. The van der Waals surface area contributed by atoms with Gasteiger partial charge in [0.25, 0.3) is 5.91 Å². The first-order valence-corrected chi connectivity index (χ1v) is 5.09. The summed E-state index contributed by atoms with van der Waals surface area (Å²) < 4.78 is 0. The molecule has 1 unspecified atom stereocenters. The average Bonchev–Trinajstić information content (AvgIpc) is 2.60. The number of aromatic nitrogens is 2. The van der Waals surface area contributed by atoms with E-state index < -0.39 is 0 Å². The van der Waals surface area contributed by atoms with Crippen molar-refractivity contribution in [1.29, 1.82) is 0 Å². The summed E-state index contributed by atoms with van der Waals surface area (Å²) in [4.78, 5) is 11.6. The number of nitrogen functional groups attached to an aromatic ring is 1. The SMILES string of the molecule is CC(C)C(C)CNC(=O)c1[nH]ncc1N. The molecule has 0 saturated carbocycles. The maximum atomic E-state index is 11.6. The molecule has 1 heterocycles. The lowest BCUT2D eigenvalue weighted by Crippen LogP contribution is -2.30. The molecule has 0 fully saturated rings. The highest BCUT2D eigenvalue weighted by atomic mass is 16.1. The van der Waals surface area contributed by atoms with Crippen molar-refractivity contribution in [2.24, 2.45) is 11.8 Å². The Bertz CT molecular complexity index is 332. The number of carbonyl (C=O) groups excluding carboxylic acids is 1. The van der Waals surface area contributed by atoms with Gasteiger partial charge < -0.3 is 11.1 Å². The minimum Gasteiger partial charge on any atom is -0.396 e. The molecule has 1 aromatic heterocycles. The van der Waals surface area contributed by atoms with Crippen molar-refractivity contribution >= 4 is 11.6 Å². The second-order valence-electron chi connectivity index (χ2n) is 4.13. The molecule has 0 spiro atoms. The van der Waals surface area contributed by atoms with Crippen molar-refractivity contribution in [2.75, 3.05) is 12.3 Å². The predicted molar refractivity (Wildman–Crippen MR) is 59.3 cm³/mol. The van der Waals surface area contributed by atoms with Crippen LogP contribution in [0, 0.1) is 11.8 Å². The van der Waals surface area contributed by atoms with Crippen LogP contribution < -0.4 is 11.1 Å². The number of hydrogen-bond acceptors (Lipinski definition) is 3. The Labute approximate surface area is 89.4 Å². The van der Waals surface area contributed by atoms with Gasteiger partial charge in [-0.15, -0.1) is 0 Å². The number of hydrogen-bond donors (Lipinski definition) is 3. The molecule has 1 rings (SSSR count). The number of rotatable bonds is 4. The Morgan fingerprint density at radius 3 is 2.73 bits per heavy atom. The zero-order chi connectivity index (χ0) is 11.4. The van der Waals surface area contributed by atoms with Gasteiger partial charge in [-0.3, -0.25) is 9.89 Å². The van der Waals surface area contributed by atoms with Gasteiger partial charge in [0.05, 0.1) is 11.9 Å². The first-order valence-electron chi connectivity index (χ1n) is 5.09. The average molecular weight is 210 g/mol. The van der Waals surface area contributed by atoms with E-state index in [4.69, 9.17) is 5.73 Å². The standard InChI is InChI=1S/C10H18N4O/c1-6(2)7(3)4-12-10(15)9-8(11)5-13-14-9/h5-7H,4,11H2,1-3H3,(H,12,15)(H,13,14). The lowest BCUT2D eigenvalue weighted by atomic mass is 9.98. The van der Waals surface area contributed by atoms with Gasteiger partial charge in [0.15, 0.2) is 0 Å². The van der Waals surface area contributed by atoms with Gasteiger partial charge in [-0.05, 0) is 11.8 Å². The molecule has 4 N–H and O–H groups in total. The summed E-state index contributed by atoms with van der Waals surface area (Å²) in [7, 11) is 0. The third kappa shape index (κ3) is 2.97. The minimum absolute atomic E-state index is 0.197. The van der Waals surface area contributed by atoms with Gasteiger partial charge in [0.2, 0.25) is 0 Å². The van der Waals surface area contributed by atoms with Crippen LogP contribution in [0.2, 0.25) is 0 Å². The fourth-order valence-corrected chi connectivity index (χ4v) is 1.06. The molecule has 0 radical (unpaired) electrons. The van der Waals surface area contributed by atoms with Crippen molar-refractivity contribution in [2.45, 2.75) is 20.8 Å². The number of H-pyrrole nitrogens is 1. The summed E-state index contributed by atoms with van der Waals surface area (Å²) >= 11 is 0. The van der Waals surface area contributed by atoms with E-state index >= 15 is 0 Å². The van der Waals surface area contributed by atoms with Crippen molar-refractivity contribution in [3.8, 4) is 0 Å². The van der Waals surface area contributed by atoms with Gasteiger partial charge in [0.1, 0.15) is 5.69 Å². The Hall–Kier alpha value is -1.52. The molecule has 15 heavy (non-hydrogen) atoms. The van der Waals surface area contributed by atoms with Crippen LogP contribution in [0.3, 0.4) is 0 Å². The van der Waals surface area contributed by atoms with Crippen molar-refractivity contribution < 1.29 is 4.79 Å². The summed E-state index contributed by atoms with van der Waals surface area (Å²) in [6, 6.07) is 0. The largest absolute Gasteiger partial charge is 0.396 e. The third-order valence-corrected chi connectivity index (χ3v) is 2.62. The molecule has 0 bridgehead atoms. The highest BCUT2D eigenvalue weighted by Crippen LogP contribution is 2.09. The minimum atomic E-state index is -0.197. The van der Waals surface area contributed by atoms with E-state index in [0.717, 1.165) is 0 Å². The van der Waals surface area contributed by atoms with Crippen molar-refractivity contribution in [3.63, 3.8) is 0 Å². The van der Waals surface area contributed by atoms with Crippen molar-refractivity contribution in [1.82, 2.24) is 15.5 Å². The second-order valence-corrected chi connectivity index (χ2v) is 4.13. The van der Waals surface area contributed by atoms with E-state index in [2.05, 4.69) is 36.3 Å². The number of nitrogens with one attached hydrogen (secondary N) is 2. The monoisotopic (exact) mass is 210 g/mol. The zero-order valence-corrected chi connectivity index (χ0v) is 9.37. The maximum Gasteiger partial charge on any atom is 0.271 e. The maximum absolute atomic E-state index is 11.6. The Morgan fingerprint density at radius 2 is 2.27 bits per heavy atom. The Morgan fingerprint density at radius 1 is 1.60 bits per heavy atom. The number of carbonyl (C=O) groups is 1. The molecule has 0 aliphatic heterocycles. The van der Waals surface area contributed by atoms with E-state index in [-0.39, 0.29) is 5.91 Å². The van der Waals surface area contributed by atoms with Crippen LogP contribution in [0.4, 0.5) is 5.69 Å². The van der Waals surface area contributed by atoms with E-state index in [1.54, 1.807) is 0 Å². The van der Waals surface area contributed by atoms with E-state index in [1.165, 1.54) is 6.20 Å². The molecule has 1 aromatic rings. The van der Waals surface area contributed by atoms with Crippen LogP contribution in [0.25, 0.3) is 0 Å². The molecule has 84 valence electrons. The first-order chi connectivity index (χ1) is 7.02. The van der Waals surface area contributed by atoms with E-state index in [1.807, 2.05) is 0 Å². The summed E-state index contributed by atoms with van der Waals surface area (Å²) in [6.07, 6.45) is 1.43.